The Morgan fingerprint density at radius 1 is 0.864 bits per heavy atom. The van der Waals surface area contributed by atoms with Crippen LogP contribution in [0.2, 0.25) is 0 Å². The predicted octanol–water partition coefficient (Wildman–Crippen LogP) is -0.0702. The molecule has 2 rings (SSSR count). The molecule has 0 aromatic rings. The van der Waals surface area contributed by atoms with Crippen molar-refractivity contribution in [3.8, 4) is 0 Å². The molecule has 22 heavy (non-hydrogen) atoms. The standard InChI is InChI=1S/C16H32N2O4/c1-13-7-17(13)9-15(19)11-21-5-3-4-6-22-12-16(20)10-18-8-14(18)2/h13-16,19-20H,3-12H2,1-2H3/t13-,14-,15-,16+,17?,18?/m0/s1. The van der Waals surface area contributed by atoms with E-state index in [1.54, 1.807) is 0 Å². The van der Waals surface area contributed by atoms with Crippen LogP contribution in [-0.4, -0.2) is 96.9 Å². The van der Waals surface area contributed by atoms with Crippen molar-refractivity contribution in [2.45, 2.75) is 51.0 Å². The molecule has 2 heterocycles. The van der Waals surface area contributed by atoms with Gasteiger partial charge in [-0.25, -0.2) is 0 Å². The van der Waals surface area contributed by atoms with E-state index in [4.69, 9.17) is 9.47 Å². The van der Waals surface area contributed by atoms with Crippen LogP contribution in [0, 0.1) is 0 Å². The van der Waals surface area contributed by atoms with Crippen molar-refractivity contribution in [1.29, 1.82) is 0 Å². The van der Waals surface area contributed by atoms with Gasteiger partial charge in [0.2, 0.25) is 0 Å². The molecule has 130 valence electrons. The van der Waals surface area contributed by atoms with Gasteiger partial charge < -0.3 is 19.7 Å². The van der Waals surface area contributed by atoms with Gasteiger partial charge in [0.1, 0.15) is 0 Å². The molecule has 6 atom stereocenters. The van der Waals surface area contributed by atoms with Gasteiger partial charge in [0.15, 0.2) is 0 Å². The van der Waals surface area contributed by atoms with Crippen LogP contribution in [0.25, 0.3) is 0 Å². The Morgan fingerprint density at radius 2 is 1.23 bits per heavy atom. The van der Waals surface area contributed by atoms with Crippen LogP contribution in [0.1, 0.15) is 26.7 Å². The predicted molar refractivity (Wildman–Crippen MR) is 85.0 cm³/mol. The van der Waals surface area contributed by atoms with Crippen LogP contribution in [0.4, 0.5) is 0 Å². The quantitative estimate of drug-likeness (QED) is 0.366. The Hall–Kier alpha value is -0.240. The maximum absolute atomic E-state index is 9.75. The molecule has 0 bridgehead atoms. The average Bonchev–Trinajstić information content (AvgIpc) is 3.34. The van der Waals surface area contributed by atoms with E-state index in [0.717, 1.165) is 39.0 Å². The summed E-state index contributed by atoms with van der Waals surface area (Å²) in [7, 11) is 0. The summed E-state index contributed by atoms with van der Waals surface area (Å²) in [6, 6.07) is 1.25. The van der Waals surface area contributed by atoms with E-state index in [1.165, 1.54) is 0 Å². The summed E-state index contributed by atoms with van der Waals surface area (Å²) < 4.78 is 10.9. The van der Waals surface area contributed by atoms with Crippen LogP contribution in [0.3, 0.4) is 0 Å². The Morgan fingerprint density at radius 3 is 1.55 bits per heavy atom. The Bertz CT molecular complexity index is 289. The minimum atomic E-state index is -0.379. The Balaban J connectivity index is 1.31. The molecule has 2 saturated heterocycles. The number of aliphatic hydroxyl groups is 2. The first-order valence-corrected chi connectivity index (χ1v) is 8.56. The van der Waals surface area contributed by atoms with Gasteiger partial charge in [-0.15, -0.1) is 0 Å². The van der Waals surface area contributed by atoms with Crippen molar-refractivity contribution < 1.29 is 19.7 Å². The monoisotopic (exact) mass is 316 g/mol. The molecule has 0 amide bonds. The van der Waals surface area contributed by atoms with Gasteiger partial charge in [-0.2, -0.15) is 0 Å². The summed E-state index contributed by atoms with van der Waals surface area (Å²) in [5.74, 6) is 0. The third-order valence-electron chi connectivity index (χ3n) is 4.32. The lowest BCUT2D eigenvalue weighted by molar-refractivity contribution is 0.0150. The first kappa shape index (κ1) is 18.1. The Kier molecular flexibility index (Phi) is 7.53. The minimum Gasteiger partial charge on any atom is -0.389 e. The third kappa shape index (κ3) is 7.35. The highest BCUT2D eigenvalue weighted by atomic mass is 16.5. The zero-order chi connectivity index (χ0) is 15.9. The van der Waals surface area contributed by atoms with E-state index in [1.807, 2.05) is 0 Å². The van der Waals surface area contributed by atoms with E-state index in [9.17, 15) is 10.2 Å². The lowest BCUT2D eigenvalue weighted by atomic mass is 10.3. The highest BCUT2D eigenvalue weighted by Gasteiger charge is 2.31. The molecule has 6 nitrogen and oxygen atoms in total. The van der Waals surface area contributed by atoms with E-state index in [-0.39, 0.29) is 12.2 Å². The van der Waals surface area contributed by atoms with E-state index in [2.05, 4.69) is 23.6 Å². The number of ether oxygens (including phenoxy) is 2. The molecule has 0 aliphatic carbocycles. The molecule has 2 unspecified atom stereocenters. The second kappa shape index (κ2) is 9.15. The molecular weight excluding hydrogens is 284 g/mol. The van der Waals surface area contributed by atoms with Crippen molar-refractivity contribution in [3.05, 3.63) is 0 Å². The fourth-order valence-electron chi connectivity index (χ4n) is 2.59. The number of unbranched alkanes of at least 4 members (excludes halogenated alkanes) is 1. The number of hydrogen-bond acceptors (Lipinski definition) is 6. The van der Waals surface area contributed by atoms with Crippen LogP contribution in [-0.2, 0) is 9.47 Å². The van der Waals surface area contributed by atoms with E-state index >= 15 is 0 Å². The van der Waals surface area contributed by atoms with Gasteiger partial charge in [-0.05, 0) is 26.7 Å². The van der Waals surface area contributed by atoms with Gasteiger partial charge in [0, 0.05) is 51.5 Å². The molecule has 6 heteroatoms. The topological polar surface area (TPSA) is 64.9 Å². The molecule has 0 aromatic carbocycles. The lowest BCUT2D eigenvalue weighted by Gasteiger charge is -2.13. The van der Waals surface area contributed by atoms with Crippen LogP contribution in [0.15, 0.2) is 0 Å². The molecule has 0 radical (unpaired) electrons. The fraction of sp³-hybridized carbons (Fsp3) is 1.00. The van der Waals surface area contributed by atoms with E-state index < -0.39 is 0 Å². The van der Waals surface area contributed by atoms with Crippen molar-refractivity contribution in [2.75, 3.05) is 52.6 Å². The molecule has 0 spiro atoms. The van der Waals surface area contributed by atoms with Crippen LogP contribution >= 0.6 is 0 Å². The minimum absolute atomic E-state index is 0.379. The summed E-state index contributed by atoms with van der Waals surface area (Å²) in [4.78, 5) is 4.46. The molecule has 2 fully saturated rings. The smallest absolute Gasteiger partial charge is 0.0900 e. The molecular formula is C16H32N2O4. The number of hydrogen-bond donors (Lipinski definition) is 2. The molecule has 0 saturated carbocycles. The van der Waals surface area contributed by atoms with Gasteiger partial charge in [-0.1, -0.05) is 0 Å². The second-order valence-electron chi connectivity index (χ2n) is 6.77. The fourth-order valence-corrected chi connectivity index (χ4v) is 2.59. The SMILES string of the molecule is C[C@H]1CN1C[C@H](O)COCCCCOC[C@H](O)CN1C[C@@H]1C. The summed E-state index contributed by atoms with van der Waals surface area (Å²) in [6.45, 7) is 10.1. The zero-order valence-electron chi connectivity index (χ0n) is 14.0. The average molecular weight is 316 g/mol. The van der Waals surface area contributed by atoms with Gasteiger partial charge in [0.05, 0.1) is 25.4 Å². The molecule has 2 aliphatic rings. The van der Waals surface area contributed by atoms with Crippen molar-refractivity contribution in [2.24, 2.45) is 0 Å². The summed E-state index contributed by atoms with van der Waals surface area (Å²) in [5, 5.41) is 19.5. The van der Waals surface area contributed by atoms with Gasteiger partial charge in [-0.3, -0.25) is 9.80 Å². The van der Waals surface area contributed by atoms with Crippen LogP contribution < -0.4 is 0 Å². The third-order valence-corrected chi connectivity index (χ3v) is 4.32. The number of aliphatic hydroxyl groups excluding tert-OH is 2. The summed E-state index contributed by atoms with van der Waals surface area (Å²) in [5.41, 5.74) is 0. The number of β-amino-alcohol motifs (C(OH)–C–C–N with tert-alkyl or cyclic N) is 2. The summed E-state index contributed by atoms with van der Waals surface area (Å²) >= 11 is 0. The number of nitrogens with zero attached hydrogens (tertiary/aromatic N) is 2. The molecule has 2 N–H and O–H groups in total. The van der Waals surface area contributed by atoms with Gasteiger partial charge >= 0.3 is 0 Å². The highest BCUT2D eigenvalue weighted by molar-refractivity contribution is 4.86. The number of rotatable bonds is 13. The van der Waals surface area contributed by atoms with E-state index in [0.29, 0.717) is 38.5 Å². The van der Waals surface area contributed by atoms with Gasteiger partial charge in [0.25, 0.3) is 0 Å². The lowest BCUT2D eigenvalue weighted by Crippen LogP contribution is -2.26. The second-order valence-corrected chi connectivity index (χ2v) is 6.77. The summed E-state index contributed by atoms with van der Waals surface area (Å²) in [6.07, 6.45) is 1.09. The molecule has 0 aromatic heterocycles. The highest BCUT2D eigenvalue weighted by Crippen LogP contribution is 2.16. The van der Waals surface area contributed by atoms with Crippen molar-refractivity contribution >= 4 is 0 Å². The maximum atomic E-state index is 9.75. The van der Waals surface area contributed by atoms with Crippen molar-refractivity contribution in [1.82, 2.24) is 9.80 Å². The van der Waals surface area contributed by atoms with Crippen LogP contribution in [0.5, 0.6) is 0 Å². The first-order chi connectivity index (χ1) is 10.6. The normalized spacial score (nSPS) is 32.7. The maximum Gasteiger partial charge on any atom is 0.0900 e. The molecule has 2 aliphatic heterocycles. The zero-order valence-corrected chi connectivity index (χ0v) is 14.0. The Labute approximate surface area is 134 Å². The van der Waals surface area contributed by atoms with Crippen molar-refractivity contribution in [3.63, 3.8) is 0 Å². The largest absolute Gasteiger partial charge is 0.389 e. The first-order valence-electron chi connectivity index (χ1n) is 8.56.